The summed E-state index contributed by atoms with van der Waals surface area (Å²) in [4.78, 5) is 2.49. The number of aliphatic hydroxyl groups excluding tert-OH is 1. The molecule has 94 valence electrons. The van der Waals surface area contributed by atoms with Gasteiger partial charge in [-0.1, -0.05) is 32.0 Å². The van der Waals surface area contributed by atoms with Crippen LogP contribution in [0.25, 0.3) is 0 Å². The highest BCUT2D eigenvalue weighted by Gasteiger charge is 2.29. The van der Waals surface area contributed by atoms with Crippen LogP contribution in [0, 0.1) is 5.92 Å². The second kappa shape index (κ2) is 5.54. The van der Waals surface area contributed by atoms with E-state index in [0.29, 0.717) is 6.04 Å². The Bertz CT molecular complexity index is 358. The lowest BCUT2D eigenvalue weighted by Gasteiger charge is -2.27. The summed E-state index contributed by atoms with van der Waals surface area (Å²) in [7, 11) is 0. The van der Waals surface area contributed by atoms with E-state index in [-0.39, 0.29) is 6.61 Å². The van der Waals surface area contributed by atoms with Crippen molar-refractivity contribution >= 4 is 5.69 Å². The highest BCUT2D eigenvalue weighted by atomic mass is 16.3. The predicted octanol–water partition coefficient (Wildman–Crippen LogP) is 3.19. The van der Waals surface area contributed by atoms with E-state index in [0.717, 1.165) is 18.0 Å². The first-order chi connectivity index (χ1) is 8.22. The van der Waals surface area contributed by atoms with E-state index in [2.05, 4.69) is 30.9 Å². The number of aliphatic hydroxyl groups is 1. The Labute approximate surface area is 104 Å². The van der Waals surface area contributed by atoms with Crippen molar-refractivity contribution in [1.29, 1.82) is 0 Å². The molecule has 0 amide bonds. The Morgan fingerprint density at radius 1 is 1.29 bits per heavy atom. The third-order valence-electron chi connectivity index (χ3n) is 3.41. The number of benzene rings is 1. The molecule has 1 saturated carbocycles. The summed E-state index contributed by atoms with van der Waals surface area (Å²) in [6.45, 7) is 5.78. The summed E-state index contributed by atoms with van der Waals surface area (Å²) < 4.78 is 0. The quantitative estimate of drug-likeness (QED) is 0.815. The van der Waals surface area contributed by atoms with E-state index < -0.39 is 0 Å². The van der Waals surface area contributed by atoms with Crippen LogP contribution >= 0.6 is 0 Å². The molecule has 0 atom stereocenters. The van der Waals surface area contributed by atoms with E-state index in [1.165, 1.54) is 24.9 Å². The molecule has 1 aromatic carbocycles. The van der Waals surface area contributed by atoms with Crippen LogP contribution < -0.4 is 4.90 Å². The van der Waals surface area contributed by atoms with E-state index >= 15 is 0 Å². The van der Waals surface area contributed by atoms with Crippen molar-refractivity contribution in [2.45, 2.75) is 45.8 Å². The first kappa shape index (κ1) is 12.4. The van der Waals surface area contributed by atoms with Gasteiger partial charge in [0.25, 0.3) is 0 Å². The van der Waals surface area contributed by atoms with Gasteiger partial charge < -0.3 is 10.0 Å². The third-order valence-corrected chi connectivity index (χ3v) is 3.41. The second-order valence-electron chi connectivity index (χ2n) is 5.39. The maximum absolute atomic E-state index is 9.42. The number of para-hydroxylation sites is 1. The molecule has 1 fully saturated rings. The molecular weight excluding hydrogens is 210 g/mol. The topological polar surface area (TPSA) is 23.5 Å². The summed E-state index contributed by atoms with van der Waals surface area (Å²) in [5.41, 5.74) is 2.29. The minimum absolute atomic E-state index is 0.140. The van der Waals surface area contributed by atoms with Crippen LogP contribution in [-0.2, 0) is 6.61 Å². The molecule has 0 heterocycles. The molecular formula is C15H23NO. The lowest BCUT2D eigenvalue weighted by atomic mass is 10.1. The van der Waals surface area contributed by atoms with Crippen molar-refractivity contribution in [1.82, 2.24) is 0 Å². The summed E-state index contributed by atoms with van der Waals surface area (Å²) in [5, 5.41) is 9.42. The van der Waals surface area contributed by atoms with E-state index in [1.807, 2.05) is 12.1 Å². The Balaban J connectivity index is 2.14. The van der Waals surface area contributed by atoms with Crippen LogP contribution in [-0.4, -0.2) is 17.7 Å². The van der Waals surface area contributed by atoms with Crippen LogP contribution in [0.3, 0.4) is 0 Å². The van der Waals surface area contributed by atoms with Gasteiger partial charge in [-0.3, -0.25) is 0 Å². The normalized spacial score (nSPS) is 15.3. The van der Waals surface area contributed by atoms with Crippen molar-refractivity contribution in [3.8, 4) is 0 Å². The van der Waals surface area contributed by atoms with Crippen molar-refractivity contribution < 1.29 is 5.11 Å². The first-order valence-electron chi connectivity index (χ1n) is 6.67. The van der Waals surface area contributed by atoms with E-state index in [9.17, 15) is 5.11 Å². The number of rotatable bonds is 6. The van der Waals surface area contributed by atoms with Gasteiger partial charge in [0.2, 0.25) is 0 Å². The SMILES string of the molecule is CC(C)CCN(c1ccccc1CO)C1CC1. The largest absolute Gasteiger partial charge is 0.392 e. The summed E-state index contributed by atoms with van der Waals surface area (Å²) in [5.74, 6) is 0.734. The van der Waals surface area contributed by atoms with Gasteiger partial charge >= 0.3 is 0 Å². The van der Waals surface area contributed by atoms with E-state index in [4.69, 9.17) is 0 Å². The van der Waals surface area contributed by atoms with Gasteiger partial charge in [-0.2, -0.15) is 0 Å². The molecule has 0 saturated heterocycles. The fourth-order valence-electron chi connectivity index (χ4n) is 2.21. The smallest absolute Gasteiger partial charge is 0.0702 e. The van der Waals surface area contributed by atoms with Gasteiger partial charge in [-0.05, 0) is 31.2 Å². The highest BCUT2D eigenvalue weighted by Crippen LogP contribution is 2.34. The van der Waals surface area contributed by atoms with Crippen LogP contribution in [0.1, 0.15) is 38.7 Å². The molecule has 0 unspecified atom stereocenters. The molecule has 0 spiro atoms. The molecule has 2 rings (SSSR count). The first-order valence-corrected chi connectivity index (χ1v) is 6.67. The van der Waals surface area contributed by atoms with Crippen molar-refractivity contribution in [2.75, 3.05) is 11.4 Å². The number of hydrogen-bond acceptors (Lipinski definition) is 2. The van der Waals surface area contributed by atoms with Crippen molar-refractivity contribution in [3.05, 3.63) is 29.8 Å². The molecule has 1 aliphatic rings. The zero-order valence-corrected chi connectivity index (χ0v) is 10.9. The van der Waals surface area contributed by atoms with Crippen molar-refractivity contribution in [2.24, 2.45) is 5.92 Å². The van der Waals surface area contributed by atoms with Crippen LogP contribution in [0.4, 0.5) is 5.69 Å². The van der Waals surface area contributed by atoms with Crippen LogP contribution in [0.5, 0.6) is 0 Å². The molecule has 0 aromatic heterocycles. The Hall–Kier alpha value is -1.02. The standard InChI is InChI=1S/C15H23NO/c1-12(2)9-10-16(14-7-8-14)15-6-4-3-5-13(15)11-17/h3-6,12,14,17H,7-11H2,1-2H3. The molecule has 2 heteroatoms. The fraction of sp³-hybridized carbons (Fsp3) is 0.600. The summed E-state index contributed by atoms with van der Waals surface area (Å²) in [6, 6.07) is 8.95. The molecule has 0 bridgehead atoms. The maximum atomic E-state index is 9.42. The molecule has 17 heavy (non-hydrogen) atoms. The zero-order chi connectivity index (χ0) is 12.3. The molecule has 1 aliphatic carbocycles. The summed E-state index contributed by atoms with van der Waals surface area (Å²) >= 11 is 0. The third kappa shape index (κ3) is 3.22. The average molecular weight is 233 g/mol. The lowest BCUT2D eigenvalue weighted by Crippen LogP contribution is -2.28. The average Bonchev–Trinajstić information content (AvgIpc) is 3.14. The minimum atomic E-state index is 0.140. The summed E-state index contributed by atoms with van der Waals surface area (Å²) in [6.07, 6.45) is 3.83. The lowest BCUT2D eigenvalue weighted by molar-refractivity contribution is 0.282. The minimum Gasteiger partial charge on any atom is -0.392 e. The molecule has 1 N–H and O–H groups in total. The molecule has 2 nitrogen and oxygen atoms in total. The van der Waals surface area contributed by atoms with Crippen LogP contribution in [0.2, 0.25) is 0 Å². The maximum Gasteiger partial charge on any atom is 0.0702 e. The molecule has 0 aliphatic heterocycles. The number of hydrogen-bond donors (Lipinski definition) is 1. The Morgan fingerprint density at radius 3 is 2.59 bits per heavy atom. The van der Waals surface area contributed by atoms with Crippen LogP contribution in [0.15, 0.2) is 24.3 Å². The zero-order valence-electron chi connectivity index (χ0n) is 10.9. The monoisotopic (exact) mass is 233 g/mol. The Morgan fingerprint density at radius 2 is 2.00 bits per heavy atom. The second-order valence-corrected chi connectivity index (χ2v) is 5.39. The molecule has 0 radical (unpaired) electrons. The van der Waals surface area contributed by atoms with Gasteiger partial charge in [-0.25, -0.2) is 0 Å². The number of anilines is 1. The van der Waals surface area contributed by atoms with Gasteiger partial charge in [-0.15, -0.1) is 0 Å². The molecule has 1 aromatic rings. The van der Waals surface area contributed by atoms with Gasteiger partial charge in [0.05, 0.1) is 6.61 Å². The van der Waals surface area contributed by atoms with E-state index in [1.54, 1.807) is 0 Å². The number of nitrogens with zero attached hydrogens (tertiary/aromatic N) is 1. The van der Waals surface area contributed by atoms with Gasteiger partial charge in [0, 0.05) is 23.8 Å². The van der Waals surface area contributed by atoms with Gasteiger partial charge in [0.1, 0.15) is 0 Å². The predicted molar refractivity (Wildman–Crippen MR) is 72.2 cm³/mol. The van der Waals surface area contributed by atoms with Gasteiger partial charge in [0.15, 0.2) is 0 Å². The fourth-order valence-corrected chi connectivity index (χ4v) is 2.21. The Kier molecular flexibility index (Phi) is 4.06. The van der Waals surface area contributed by atoms with Crippen molar-refractivity contribution in [3.63, 3.8) is 0 Å². The highest BCUT2D eigenvalue weighted by molar-refractivity contribution is 5.55.